The van der Waals surface area contributed by atoms with E-state index >= 15 is 0 Å². The molecule has 10 rings (SSSR count). The third kappa shape index (κ3) is 5.45. The molecule has 7 aromatic carbocycles. The van der Waals surface area contributed by atoms with Crippen molar-refractivity contribution >= 4 is 33.5 Å². The Labute approximate surface area is 335 Å². The van der Waals surface area contributed by atoms with Crippen LogP contribution in [0.1, 0.15) is 30.5 Å². The molecule has 0 unspecified atom stereocenters. The SMILES string of the molecule is C=C/C=C(/c1cc(-c2ccccn2)cc(N(c2cccc(-c3ccc4c5c(cccc35)-c3ccccc3-4)c2)c2cccc3c2-c2ccccc2C3(C)C)c1)N(C)C. The normalized spacial score (nSPS) is 13.2. The van der Waals surface area contributed by atoms with E-state index in [-0.39, 0.29) is 5.41 Å². The van der Waals surface area contributed by atoms with Crippen molar-refractivity contribution in [1.29, 1.82) is 0 Å². The summed E-state index contributed by atoms with van der Waals surface area (Å²) in [5.74, 6) is 0. The maximum Gasteiger partial charge on any atom is 0.0702 e. The summed E-state index contributed by atoms with van der Waals surface area (Å²) in [7, 11) is 4.17. The molecule has 0 aliphatic heterocycles. The van der Waals surface area contributed by atoms with Crippen LogP contribution in [0.15, 0.2) is 183 Å². The van der Waals surface area contributed by atoms with Gasteiger partial charge in [-0.2, -0.15) is 0 Å². The number of hydrogen-bond acceptors (Lipinski definition) is 3. The molecular formula is C54H43N3. The van der Waals surface area contributed by atoms with Gasteiger partial charge in [-0.1, -0.05) is 136 Å². The van der Waals surface area contributed by atoms with Crippen molar-refractivity contribution in [2.75, 3.05) is 19.0 Å². The first-order valence-corrected chi connectivity index (χ1v) is 19.7. The highest BCUT2D eigenvalue weighted by Gasteiger charge is 2.38. The molecule has 1 aromatic heterocycles. The molecular weight excluding hydrogens is 691 g/mol. The van der Waals surface area contributed by atoms with Gasteiger partial charge < -0.3 is 9.80 Å². The first-order chi connectivity index (χ1) is 27.8. The molecule has 0 fully saturated rings. The van der Waals surface area contributed by atoms with Crippen molar-refractivity contribution in [3.8, 4) is 55.8 Å². The molecule has 0 atom stereocenters. The van der Waals surface area contributed by atoms with Gasteiger partial charge in [0.1, 0.15) is 0 Å². The molecule has 0 N–H and O–H groups in total. The first kappa shape index (κ1) is 34.5. The lowest BCUT2D eigenvalue weighted by Gasteiger charge is -2.30. The number of allylic oxidation sites excluding steroid dienone is 2. The van der Waals surface area contributed by atoms with Gasteiger partial charge >= 0.3 is 0 Å². The van der Waals surface area contributed by atoms with E-state index < -0.39 is 0 Å². The van der Waals surface area contributed by atoms with Gasteiger partial charge in [-0.25, -0.2) is 0 Å². The van der Waals surface area contributed by atoms with E-state index in [0.717, 1.165) is 39.6 Å². The summed E-state index contributed by atoms with van der Waals surface area (Å²) in [6.45, 7) is 8.78. The van der Waals surface area contributed by atoms with Crippen molar-refractivity contribution in [3.05, 3.63) is 199 Å². The standard InChI is InChI=1S/C54H43N3/c1-6-16-50(56(4)5)37-31-36(49-26-11-12-30-55-49)33-39(34-37)57(51-27-15-25-48-53(51)46-21-9-10-24-47(46)54(48,2)3)38-18-13-17-35(32-38)40-28-29-45-42-20-8-7-19-41(42)44-23-14-22-43(40)52(44)45/h6-34H,1H2,2-5H3/b50-16-. The molecule has 0 radical (unpaired) electrons. The van der Waals surface area contributed by atoms with Crippen LogP contribution >= 0.6 is 0 Å². The van der Waals surface area contributed by atoms with E-state index in [1.165, 1.54) is 66.4 Å². The van der Waals surface area contributed by atoms with Crippen LogP contribution in [0.5, 0.6) is 0 Å². The average molecular weight is 734 g/mol. The molecule has 274 valence electrons. The summed E-state index contributed by atoms with van der Waals surface area (Å²) in [5.41, 5.74) is 20.1. The number of fused-ring (bicyclic) bond motifs is 6. The van der Waals surface area contributed by atoms with Crippen molar-refractivity contribution < 1.29 is 0 Å². The molecule has 8 aromatic rings. The molecule has 0 bridgehead atoms. The number of aromatic nitrogens is 1. The van der Waals surface area contributed by atoms with E-state index in [4.69, 9.17) is 4.98 Å². The van der Waals surface area contributed by atoms with Crippen LogP contribution in [0.3, 0.4) is 0 Å². The number of nitrogens with zero attached hydrogens (tertiary/aromatic N) is 3. The Kier molecular flexibility index (Phi) is 8.09. The zero-order chi connectivity index (χ0) is 38.8. The second kappa shape index (κ2) is 13.4. The predicted molar refractivity (Wildman–Crippen MR) is 241 cm³/mol. The van der Waals surface area contributed by atoms with Crippen molar-refractivity contribution in [3.63, 3.8) is 0 Å². The lowest BCUT2D eigenvalue weighted by Crippen LogP contribution is -2.16. The smallest absolute Gasteiger partial charge is 0.0702 e. The Balaban J connectivity index is 1.24. The minimum absolute atomic E-state index is 0.149. The highest BCUT2D eigenvalue weighted by atomic mass is 15.1. The Morgan fingerprint density at radius 2 is 1.25 bits per heavy atom. The Morgan fingerprint density at radius 3 is 2.02 bits per heavy atom. The van der Waals surface area contributed by atoms with Crippen molar-refractivity contribution in [2.45, 2.75) is 19.3 Å². The monoisotopic (exact) mass is 733 g/mol. The third-order valence-corrected chi connectivity index (χ3v) is 12.0. The quantitative estimate of drug-likeness (QED) is 0.145. The van der Waals surface area contributed by atoms with Crippen LogP contribution in [0.2, 0.25) is 0 Å². The van der Waals surface area contributed by atoms with Crippen molar-refractivity contribution in [2.24, 2.45) is 0 Å². The van der Waals surface area contributed by atoms with Gasteiger partial charge in [0.2, 0.25) is 0 Å². The van der Waals surface area contributed by atoms with Crippen LogP contribution in [0.4, 0.5) is 17.1 Å². The van der Waals surface area contributed by atoms with Gasteiger partial charge in [0.05, 0.1) is 11.4 Å². The lowest BCUT2D eigenvalue weighted by atomic mass is 9.82. The number of hydrogen-bond donors (Lipinski definition) is 0. The summed E-state index contributed by atoms with van der Waals surface area (Å²) < 4.78 is 0. The molecule has 0 saturated heterocycles. The topological polar surface area (TPSA) is 19.4 Å². The van der Waals surface area contributed by atoms with Crippen LogP contribution in [-0.4, -0.2) is 24.0 Å². The summed E-state index contributed by atoms with van der Waals surface area (Å²) in [4.78, 5) is 9.46. The third-order valence-electron chi connectivity index (χ3n) is 12.0. The van der Waals surface area contributed by atoms with E-state index in [9.17, 15) is 0 Å². The molecule has 0 amide bonds. The number of pyridine rings is 1. The van der Waals surface area contributed by atoms with Crippen LogP contribution in [0.25, 0.3) is 72.2 Å². The second-order valence-corrected chi connectivity index (χ2v) is 15.9. The predicted octanol–water partition coefficient (Wildman–Crippen LogP) is 14.1. The number of anilines is 3. The van der Waals surface area contributed by atoms with Gasteiger partial charge in [-0.15, -0.1) is 0 Å². The minimum Gasteiger partial charge on any atom is -0.377 e. The highest BCUT2D eigenvalue weighted by molar-refractivity contribution is 6.18. The fourth-order valence-electron chi connectivity index (χ4n) is 9.41. The number of benzene rings is 7. The van der Waals surface area contributed by atoms with E-state index in [0.29, 0.717) is 0 Å². The Hall–Kier alpha value is -6.97. The van der Waals surface area contributed by atoms with Gasteiger partial charge in [0.25, 0.3) is 0 Å². The molecule has 2 aliphatic rings. The summed E-state index contributed by atoms with van der Waals surface area (Å²) >= 11 is 0. The Bertz CT molecular complexity index is 2900. The molecule has 57 heavy (non-hydrogen) atoms. The van der Waals surface area contributed by atoms with Crippen LogP contribution in [0, 0.1) is 0 Å². The van der Waals surface area contributed by atoms with Gasteiger partial charge in [-0.05, 0) is 115 Å². The zero-order valence-corrected chi connectivity index (χ0v) is 32.8. The molecule has 0 saturated carbocycles. The Morgan fingerprint density at radius 1 is 0.579 bits per heavy atom. The minimum atomic E-state index is -0.149. The fourth-order valence-corrected chi connectivity index (χ4v) is 9.41. The molecule has 1 heterocycles. The summed E-state index contributed by atoms with van der Waals surface area (Å²) in [6.07, 6.45) is 5.82. The van der Waals surface area contributed by atoms with Crippen LogP contribution < -0.4 is 4.90 Å². The average Bonchev–Trinajstić information content (AvgIpc) is 3.70. The first-order valence-electron chi connectivity index (χ1n) is 19.7. The lowest BCUT2D eigenvalue weighted by molar-refractivity contribution is 0.592. The van der Waals surface area contributed by atoms with E-state index in [1.54, 1.807) is 0 Å². The maximum absolute atomic E-state index is 4.84. The largest absolute Gasteiger partial charge is 0.377 e. The molecule has 0 spiro atoms. The summed E-state index contributed by atoms with van der Waals surface area (Å²) in [5, 5.41) is 2.60. The van der Waals surface area contributed by atoms with Crippen molar-refractivity contribution in [1.82, 2.24) is 9.88 Å². The highest BCUT2D eigenvalue weighted by Crippen LogP contribution is 2.55. The van der Waals surface area contributed by atoms with Gasteiger partial charge in [-0.3, -0.25) is 4.98 Å². The van der Waals surface area contributed by atoms with Gasteiger partial charge in [0, 0.05) is 59.5 Å². The zero-order valence-electron chi connectivity index (χ0n) is 32.8. The molecule has 3 heteroatoms. The number of rotatable bonds is 8. The second-order valence-electron chi connectivity index (χ2n) is 15.9. The van der Waals surface area contributed by atoms with E-state index in [2.05, 4.69) is 202 Å². The van der Waals surface area contributed by atoms with Crippen LogP contribution in [-0.2, 0) is 5.41 Å². The summed E-state index contributed by atoms with van der Waals surface area (Å²) in [6, 6.07) is 58.0. The molecule has 3 nitrogen and oxygen atoms in total. The van der Waals surface area contributed by atoms with Gasteiger partial charge in [0.15, 0.2) is 0 Å². The fraction of sp³-hybridized carbons (Fsp3) is 0.0926. The van der Waals surface area contributed by atoms with E-state index in [1.807, 2.05) is 18.3 Å². The molecule has 2 aliphatic carbocycles. The maximum atomic E-state index is 4.84.